The van der Waals surface area contributed by atoms with E-state index in [1.807, 2.05) is 0 Å². The molecule has 0 saturated heterocycles. The van der Waals surface area contributed by atoms with Gasteiger partial charge in [-0.05, 0) is 36.4 Å². The van der Waals surface area contributed by atoms with E-state index in [1.165, 1.54) is 6.07 Å². The Bertz CT molecular complexity index is 783. The third-order valence-electron chi connectivity index (χ3n) is 3.02. The van der Waals surface area contributed by atoms with Gasteiger partial charge < -0.3 is 21.7 Å². The number of carbonyl (C=O) groups excluding carboxylic acids is 2. The summed E-state index contributed by atoms with van der Waals surface area (Å²) in [5.41, 5.74) is 6.10. The van der Waals surface area contributed by atoms with Gasteiger partial charge in [0.05, 0.1) is 11.3 Å². The molecule has 5 N–H and O–H groups in total. The van der Waals surface area contributed by atoms with E-state index in [0.29, 0.717) is 17.6 Å². The van der Waals surface area contributed by atoms with E-state index in [2.05, 4.69) is 31.9 Å². The molecule has 6 nitrogen and oxygen atoms in total. The van der Waals surface area contributed by atoms with Gasteiger partial charge in [-0.15, -0.1) is 0 Å². The molecule has 0 atom stereocenters. The molecule has 0 radical (unpaired) electrons. The van der Waals surface area contributed by atoms with E-state index in [1.54, 1.807) is 18.2 Å². The van der Waals surface area contributed by atoms with Crippen molar-refractivity contribution in [1.29, 1.82) is 0 Å². The fourth-order valence-electron chi connectivity index (χ4n) is 2.01. The Morgan fingerprint density at radius 1 is 1.16 bits per heavy atom. The van der Waals surface area contributed by atoms with Crippen LogP contribution in [0.1, 0.15) is 10.4 Å². The summed E-state index contributed by atoms with van der Waals surface area (Å²) in [5.74, 6) is -0.950. The van der Waals surface area contributed by atoms with Gasteiger partial charge in [0.2, 0.25) is 0 Å². The van der Waals surface area contributed by atoms with E-state index in [9.17, 15) is 14.0 Å². The predicted octanol–water partition coefficient (Wildman–Crippen LogP) is 3.57. The third kappa shape index (κ3) is 5.70. The molecule has 0 heterocycles. The van der Waals surface area contributed by atoms with Gasteiger partial charge in [-0.2, -0.15) is 0 Å². The smallest absolute Gasteiger partial charge is 0.323 e. The number of amides is 3. The Labute approximate surface area is 157 Å². The van der Waals surface area contributed by atoms with Crippen molar-refractivity contribution in [2.24, 2.45) is 5.73 Å². The standard InChI is InChI=1S/C16H15BrClFN4O2/c17-9-1-2-13(15(24)21-4-3-20)14(5-9)23-16(25)22-12-7-10(18)6-11(19)8-12/h1-2,5-8H,3-4,20H2,(H,21,24)(H2,22,23,25). The van der Waals surface area contributed by atoms with Gasteiger partial charge in [-0.3, -0.25) is 4.79 Å². The summed E-state index contributed by atoms with van der Waals surface area (Å²) < 4.78 is 14.0. The number of benzene rings is 2. The van der Waals surface area contributed by atoms with Crippen molar-refractivity contribution in [3.63, 3.8) is 0 Å². The molecule has 0 saturated carbocycles. The molecule has 0 unspecified atom stereocenters. The van der Waals surface area contributed by atoms with Crippen LogP contribution < -0.4 is 21.7 Å². The molecule has 9 heteroatoms. The molecule has 0 fully saturated rings. The van der Waals surface area contributed by atoms with Crippen molar-refractivity contribution in [3.8, 4) is 0 Å². The number of hydrogen-bond acceptors (Lipinski definition) is 3. The second-order valence-electron chi connectivity index (χ2n) is 4.97. The molecule has 3 amide bonds. The van der Waals surface area contributed by atoms with Crippen LogP contribution in [0, 0.1) is 5.82 Å². The molecule has 25 heavy (non-hydrogen) atoms. The van der Waals surface area contributed by atoms with Crippen molar-refractivity contribution < 1.29 is 14.0 Å². The second kappa shape index (κ2) is 8.80. The monoisotopic (exact) mass is 428 g/mol. The largest absolute Gasteiger partial charge is 0.351 e. The summed E-state index contributed by atoms with van der Waals surface area (Å²) in [5, 5.41) is 7.80. The van der Waals surface area contributed by atoms with Crippen LogP contribution in [0.3, 0.4) is 0 Å². The van der Waals surface area contributed by atoms with E-state index in [-0.39, 0.29) is 27.9 Å². The van der Waals surface area contributed by atoms with Crippen molar-refractivity contribution in [3.05, 3.63) is 57.3 Å². The molecule has 132 valence electrons. The van der Waals surface area contributed by atoms with Gasteiger partial charge in [0, 0.05) is 28.3 Å². The first kappa shape index (κ1) is 19.2. The van der Waals surface area contributed by atoms with Crippen LogP contribution in [0.4, 0.5) is 20.6 Å². The Morgan fingerprint density at radius 3 is 2.60 bits per heavy atom. The fourth-order valence-corrected chi connectivity index (χ4v) is 2.59. The van der Waals surface area contributed by atoms with Gasteiger partial charge in [-0.25, -0.2) is 9.18 Å². The number of halogens is 3. The van der Waals surface area contributed by atoms with Crippen LogP contribution in [0.25, 0.3) is 0 Å². The first-order valence-corrected chi connectivity index (χ1v) is 8.38. The zero-order chi connectivity index (χ0) is 18.4. The highest BCUT2D eigenvalue weighted by Gasteiger charge is 2.14. The van der Waals surface area contributed by atoms with Crippen LogP contribution in [0.15, 0.2) is 40.9 Å². The van der Waals surface area contributed by atoms with E-state index in [0.717, 1.165) is 12.1 Å². The molecule has 0 aliphatic heterocycles. The Morgan fingerprint density at radius 2 is 1.92 bits per heavy atom. The van der Waals surface area contributed by atoms with Gasteiger partial charge in [0.15, 0.2) is 0 Å². The van der Waals surface area contributed by atoms with Gasteiger partial charge >= 0.3 is 6.03 Å². The number of nitrogens with one attached hydrogen (secondary N) is 3. The molecule has 2 aromatic rings. The number of carbonyl (C=O) groups is 2. The molecule has 2 rings (SSSR count). The van der Waals surface area contributed by atoms with E-state index in [4.69, 9.17) is 17.3 Å². The highest BCUT2D eigenvalue weighted by Crippen LogP contribution is 2.23. The number of hydrogen-bond donors (Lipinski definition) is 4. The molecule has 0 aromatic heterocycles. The zero-order valence-electron chi connectivity index (χ0n) is 12.9. The summed E-state index contributed by atoms with van der Waals surface area (Å²) in [6, 6.07) is 7.82. The molecule has 0 aliphatic rings. The lowest BCUT2D eigenvalue weighted by Gasteiger charge is -2.13. The summed E-state index contributed by atoms with van der Waals surface area (Å²) >= 11 is 9.03. The predicted molar refractivity (Wildman–Crippen MR) is 99.6 cm³/mol. The molecular formula is C16H15BrClFN4O2. The Balaban J connectivity index is 2.16. The normalized spacial score (nSPS) is 10.2. The highest BCUT2D eigenvalue weighted by molar-refractivity contribution is 9.10. The maximum atomic E-state index is 13.3. The van der Waals surface area contributed by atoms with Crippen molar-refractivity contribution in [1.82, 2.24) is 5.32 Å². The molecule has 0 bridgehead atoms. The molecule has 0 aliphatic carbocycles. The van der Waals surface area contributed by atoms with Crippen molar-refractivity contribution >= 4 is 50.8 Å². The van der Waals surface area contributed by atoms with Crippen LogP contribution in [-0.4, -0.2) is 25.0 Å². The van der Waals surface area contributed by atoms with Gasteiger partial charge in [0.1, 0.15) is 5.82 Å². The Kier molecular flexibility index (Phi) is 6.74. The third-order valence-corrected chi connectivity index (χ3v) is 3.74. The van der Waals surface area contributed by atoms with Gasteiger partial charge in [-0.1, -0.05) is 27.5 Å². The first-order chi connectivity index (χ1) is 11.9. The minimum atomic E-state index is -0.646. The van der Waals surface area contributed by atoms with Crippen molar-refractivity contribution in [2.45, 2.75) is 0 Å². The first-order valence-electron chi connectivity index (χ1n) is 7.21. The SMILES string of the molecule is NCCNC(=O)c1ccc(Br)cc1NC(=O)Nc1cc(F)cc(Cl)c1. The van der Waals surface area contributed by atoms with Crippen LogP contribution in [0.2, 0.25) is 5.02 Å². The maximum Gasteiger partial charge on any atom is 0.323 e. The topological polar surface area (TPSA) is 96.2 Å². The average molecular weight is 430 g/mol. The fraction of sp³-hybridized carbons (Fsp3) is 0.125. The summed E-state index contributed by atoms with van der Waals surface area (Å²) in [7, 11) is 0. The van der Waals surface area contributed by atoms with E-state index < -0.39 is 11.8 Å². The lowest BCUT2D eigenvalue weighted by atomic mass is 10.1. The number of urea groups is 1. The van der Waals surface area contributed by atoms with Crippen molar-refractivity contribution in [2.75, 3.05) is 23.7 Å². The summed E-state index contributed by atoms with van der Waals surface area (Å²) in [6.45, 7) is 0.605. The minimum Gasteiger partial charge on any atom is -0.351 e. The zero-order valence-corrected chi connectivity index (χ0v) is 15.2. The summed E-state index contributed by atoms with van der Waals surface area (Å²) in [6.07, 6.45) is 0. The van der Waals surface area contributed by atoms with E-state index >= 15 is 0 Å². The number of anilines is 2. The molecule has 0 spiro atoms. The lowest BCUT2D eigenvalue weighted by Crippen LogP contribution is -2.30. The molecule has 2 aromatic carbocycles. The van der Waals surface area contributed by atoms with Crippen LogP contribution in [-0.2, 0) is 0 Å². The van der Waals surface area contributed by atoms with Crippen LogP contribution in [0.5, 0.6) is 0 Å². The molecular weight excluding hydrogens is 415 g/mol. The average Bonchev–Trinajstić information content (AvgIpc) is 2.51. The maximum absolute atomic E-state index is 13.3. The van der Waals surface area contributed by atoms with Crippen LogP contribution >= 0.6 is 27.5 Å². The lowest BCUT2D eigenvalue weighted by molar-refractivity contribution is 0.0955. The quantitative estimate of drug-likeness (QED) is 0.585. The van der Waals surface area contributed by atoms with Gasteiger partial charge in [0.25, 0.3) is 5.91 Å². The summed E-state index contributed by atoms with van der Waals surface area (Å²) in [4.78, 5) is 24.3. The Hall–Kier alpha value is -2.16. The highest BCUT2D eigenvalue weighted by atomic mass is 79.9. The number of rotatable bonds is 5. The number of nitrogens with two attached hydrogens (primary N) is 1. The minimum absolute atomic E-state index is 0.152. The second-order valence-corrected chi connectivity index (χ2v) is 6.32.